The standard InChI is InChI=1S/C20H23FN2O4S/c1-23(14-18-3-2-12-27-18)20(24)13-15-4-8-17(9-5-15)22-28(25,26)19-10-6-16(21)7-11-19/h4-11,18,22H,2-3,12-14H2,1H3. The summed E-state index contributed by atoms with van der Waals surface area (Å²) >= 11 is 0. The van der Waals surface area contributed by atoms with Crippen LogP contribution in [0.15, 0.2) is 53.4 Å². The highest BCUT2D eigenvalue weighted by atomic mass is 32.2. The summed E-state index contributed by atoms with van der Waals surface area (Å²) in [5.74, 6) is -0.521. The fourth-order valence-electron chi connectivity index (χ4n) is 3.02. The van der Waals surface area contributed by atoms with Crippen molar-refractivity contribution in [2.24, 2.45) is 0 Å². The summed E-state index contributed by atoms with van der Waals surface area (Å²) < 4.78 is 45.6. The van der Waals surface area contributed by atoms with Gasteiger partial charge in [0.1, 0.15) is 5.82 Å². The summed E-state index contributed by atoms with van der Waals surface area (Å²) in [7, 11) is -2.04. The number of anilines is 1. The Morgan fingerprint density at radius 1 is 1.18 bits per heavy atom. The van der Waals surface area contributed by atoms with Crippen LogP contribution in [0, 0.1) is 5.82 Å². The van der Waals surface area contributed by atoms with Crippen molar-refractivity contribution in [3.8, 4) is 0 Å². The predicted molar refractivity (Wildman–Crippen MR) is 104 cm³/mol. The molecule has 1 heterocycles. The lowest BCUT2D eigenvalue weighted by Crippen LogP contribution is -2.35. The third-order valence-corrected chi connectivity index (χ3v) is 6.01. The summed E-state index contributed by atoms with van der Waals surface area (Å²) in [4.78, 5) is 14.0. The number of benzene rings is 2. The van der Waals surface area contributed by atoms with Gasteiger partial charge in [-0.1, -0.05) is 12.1 Å². The Hall–Kier alpha value is -2.45. The van der Waals surface area contributed by atoms with E-state index >= 15 is 0 Å². The Labute approximate surface area is 164 Å². The maximum atomic E-state index is 13.0. The van der Waals surface area contributed by atoms with E-state index in [1.54, 1.807) is 36.2 Å². The maximum absolute atomic E-state index is 13.0. The van der Waals surface area contributed by atoms with E-state index in [0.717, 1.165) is 37.1 Å². The number of ether oxygens (including phenoxy) is 1. The number of hydrogen-bond donors (Lipinski definition) is 1. The van der Waals surface area contributed by atoms with Crippen LogP contribution in [-0.4, -0.2) is 45.5 Å². The molecular formula is C20H23FN2O4S. The first-order chi connectivity index (χ1) is 13.3. The van der Waals surface area contributed by atoms with Crippen molar-refractivity contribution in [1.29, 1.82) is 0 Å². The number of nitrogens with one attached hydrogen (secondary N) is 1. The Bertz CT molecular complexity index is 908. The smallest absolute Gasteiger partial charge is 0.261 e. The normalized spacial score (nSPS) is 16.7. The quantitative estimate of drug-likeness (QED) is 0.767. The average Bonchev–Trinajstić information content (AvgIpc) is 3.16. The molecule has 1 aliphatic rings. The third kappa shape index (κ3) is 5.30. The van der Waals surface area contributed by atoms with Gasteiger partial charge in [0, 0.05) is 25.9 Å². The molecule has 0 spiro atoms. The van der Waals surface area contributed by atoms with Crippen molar-refractivity contribution in [3.63, 3.8) is 0 Å². The molecule has 1 fully saturated rings. The Kier molecular flexibility index (Phi) is 6.31. The van der Waals surface area contributed by atoms with Gasteiger partial charge in [-0.05, 0) is 54.8 Å². The SMILES string of the molecule is CN(CC1CCCO1)C(=O)Cc1ccc(NS(=O)(=O)c2ccc(F)cc2)cc1. The van der Waals surface area contributed by atoms with Gasteiger partial charge in [-0.25, -0.2) is 12.8 Å². The molecule has 1 unspecified atom stereocenters. The molecule has 6 nitrogen and oxygen atoms in total. The predicted octanol–water partition coefficient (Wildman–Crippen LogP) is 2.81. The lowest BCUT2D eigenvalue weighted by atomic mass is 10.1. The van der Waals surface area contributed by atoms with Crippen LogP contribution >= 0.6 is 0 Å². The molecule has 1 saturated heterocycles. The molecule has 3 rings (SSSR count). The summed E-state index contributed by atoms with van der Waals surface area (Å²) in [6.07, 6.45) is 2.34. The Morgan fingerprint density at radius 3 is 2.46 bits per heavy atom. The van der Waals surface area contributed by atoms with Crippen molar-refractivity contribution in [2.75, 3.05) is 24.9 Å². The zero-order valence-corrected chi connectivity index (χ0v) is 16.4. The van der Waals surface area contributed by atoms with E-state index in [4.69, 9.17) is 4.74 Å². The van der Waals surface area contributed by atoms with Crippen LogP contribution in [-0.2, 0) is 26.0 Å². The molecule has 0 radical (unpaired) electrons. The van der Waals surface area contributed by atoms with E-state index in [2.05, 4.69) is 4.72 Å². The molecule has 1 N–H and O–H groups in total. The third-order valence-electron chi connectivity index (χ3n) is 4.61. The van der Waals surface area contributed by atoms with Crippen LogP contribution in [0.1, 0.15) is 18.4 Å². The minimum absolute atomic E-state index is 0.0184. The lowest BCUT2D eigenvalue weighted by Gasteiger charge is -2.21. The molecule has 0 aromatic heterocycles. The molecule has 1 aliphatic heterocycles. The molecule has 0 saturated carbocycles. The largest absolute Gasteiger partial charge is 0.376 e. The number of halogens is 1. The Morgan fingerprint density at radius 2 is 1.86 bits per heavy atom. The van der Waals surface area contributed by atoms with Gasteiger partial charge in [0.2, 0.25) is 5.91 Å². The van der Waals surface area contributed by atoms with Crippen LogP contribution in [0.2, 0.25) is 0 Å². The number of likely N-dealkylation sites (N-methyl/N-ethyl adjacent to an activating group) is 1. The van der Waals surface area contributed by atoms with Crippen molar-refractivity contribution < 1.29 is 22.3 Å². The van der Waals surface area contributed by atoms with Crippen molar-refractivity contribution in [3.05, 3.63) is 59.9 Å². The monoisotopic (exact) mass is 406 g/mol. The molecule has 0 aliphatic carbocycles. The number of sulfonamides is 1. The number of rotatable bonds is 7. The van der Waals surface area contributed by atoms with Crippen LogP contribution in [0.25, 0.3) is 0 Å². The van der Waals surface area contributed by atoms with Gasteiger partial charge in [0.25, 0.3) is 10.0 Å². The highest BCUT2D eigenvalue weighted by molar-refractivity contribution is 7.92. The van der Waals surface area contributed by atoms with Gasteiger partial charge in [-0.3, -0.25) is 9.52 Å². The van der Waals surface area contributed by atoms with Crippen LogP contribution in [0.5, 0.6) is 0 Å². The second-order valence-corrected chi connectivity index (χ2v) is 8.52. The molecule has 28 heavy (non-hydrogen) atoms. The van der Waals surface area contributed by atoms with E-state index in [-0.39, 0.29) is 23.3 Å². The van der Waals surface area contributed by atoms with Gasteiger partial charge in [0.05, 0.1) is 17.4 Å². The van der Waals surface area contributed by atoms with Gasteiger partial charge in [-0.15, -0.1) is 0 Å². The minimum atomic E-state index is -3.80. The highest BCUT2D eigenvalue weighted by Gasteiger charge is 2.20. The summed E-state index contributed by atoms with van der Waals surface area (Å²) in [5, 5.41) is 0. The van der Waals surface area contributed by atoms with Crippen molar-refractivity contribution >= 4 is 21.6 Å². The lowest BCUT2D eigenvalue weighted by molar-refractivity contribution is -0.130. The second kappa shape index (κ2) is 8.70. The highest BCUT2D eigenvalue weighted by Crippen LogP contribution is 2.18. The van der Waals surface area contributed by atoms with E-state index < -0.39 is 15.8 Å². The summed E-state index contributed by atoms with van der Waals surface area (Å²) in [5.41, 5.74) is 1.15. The van der Waals surface area contributed by atoms with E-state index in [9.17, 15) is 17.6 Å². The number of carbonyl (C=O) groups is 1. The van der Waals surface area contributed by atoms with Crippen LogP contribution < -0.4 is 4.72 Å². The number of amides is 1. The number of hydrogen-bond acceptors (Lipinski definition) is 4. The van der Waals surface area contributed by atoms with Gasteiger partial charge < -0.3 is 9.64 Å². The molecule has 2 aromatic carbocycles. The maximum Gasteiger partial charge on any atom is 0.261 e. The number of nitrogens with zero attached hydrogens (tertiary/aromatic N) is 1. The Balaban J connectivity index is 1.58. The zero-order valence-electron chi connectivity index (χ0n) is 15.6. The van der Waals surface area contributed by atoms with Crippen molar-refractivity contribution in [2.45, 2.75) is 30.3 Å². The second-order valence-electron chi connectivity index (χ2n) is 6.84. The molecular weight excluding hydrogens is 383 g/mol. The van der Waals surface area contributed by atoms with Gasteiger partial charge in [-0.2, -0.15) is 0 Å². The number of carbonyl (C=O) groups excluding carboxylic acids is 1. The molecule has 150 valence electrons. The molecule has 1 amide bonds. The van der Waals surface area contributed by atoms with E-state index in [0.29, 0.717) is 12.2 Å². The van der Waals surface area contributed by atoms with E-state index in [1.807, 2.05) is 0 Å². The molecule has 8 heteroatoms. The van der Waals surface area contributed by atoms with E-state index in [1.165, 1.54) is 12.1 Å². The molecule has 1 atom stereocenters. The summed E-state index contributed by atoms with van der Waals surface area (Å²) in [6.45, 7) is 1.33. The topological polar surface area (TPSA) is 75.7 Å². The first-order valence-electron chi connectivity index (χ1n) is 9.06. The summed E-state index contributed by atoms with van der Waals surface area (Å²) in [6, 6.07) is 11.2. The van der Waals surface area contributed by atoms with Crippen molar-refractivity contribution in [1.82, 2.24) is 4.90 Å². The van der Waals surface area contributed by atoms with Gasteiger partial charge >= 0.3 is 0 Å². The minimum Gasteiger partial charge on any atom is -0.376 e. The fraction of sp³-hybridized carbons (Fsp3) is 0.350. The first-order valence-corrected chi connectivity index (χ1v) is 10.5. The van der Waals surface area contributed by atoms with Crippen LogP contribution in [0.4, 0.5) is 10.1 Å². The van der Waals surface area contributed by atoms with Gasteiger partial charge in [0.15, 0.2) is 0 Å². The zero-order chi connectivity index (χ0) is 20.1. The average molecular weight is 406 g/mol. The molecule has 2 aromatic rings. The first kappa shape index (κ1) is 20.3. The molecule has 0 bridgehead atoms. The van der Waals surface area contributed by atoms with Crippen LogP contribution in [0.3, 0.4) is 0 Å². The fourth-order valence-corrected chi connectivity index (χ4v) is 4.08.